The average molecular weight is 304 g/mol. The first-order valence-corrected chi connectivity index (χ1v) is 7.54. The molecule has 0 saturated carbocycles. The number of rotatable bonds is 3. The van der Waals surface area contributed by atoms with E-state index in [-0.39, 0.29) is 0 Å². The summed E-state index contributed by atoms with van der Waals surface area (Å²) >= 11 is 8.12. The number of halogens is 1. The maximum atomic E-state index is 9.52. The Morgan fingerprint density at radius 1 is 1.20 bits per heavy atom. The Morgan fingerprint density at radius 2 is 2.00 bits per heavy atom. The van der Waals surface area contributed by atoms with Crippen molar-refractivity contribution in [2.24, 2.45) is 0 Å². The van der Waals surface area contributed by atoms with E-state index in [2.05, 4.69) is 11.4 Å². The zero-order valence-electron chi connectivity index (χ0n) is 11.0. The van der Waals surface area contributed by atoms with E-state index in [1.807, 2.05) is 37.3 Å². The van der Waals surface area contributed by atoms with E-state index in [1.54, 1.807) is 17.4 Å². The van der Waals surface area contributed by atoms with E-state index in [9.17, 15) is 5.11 Å². The van der Waals surface area contributed by atoms with Gasteiger partial charge in [0.1, 0.15) is 5.75 Å². The highest BCUT2D eigenvalue weighted by molar-refractivity contribution is 7.19. The van der Waals surface area contributed by atoms with Gasteiger partial charge >= 0.3 is 0 Å². The molecule has 0 unspecified atom stereocenters. The maximum absolute atomic E-state index is 9.52. The summed E-state index contributed by atoms with van der Waals surface area (Å²) in [5, 5.41) is 14.8. The minimum absolute atomic E-state index is 0.315. The number of anilines is 1. The van der Waals surface area contributed by atoms with Crippen molar-refractivity contribution in [1.82, 2.24) is 0 Å². The molecule has 0 fully saturated rings. The van der Waals surface area contributed by atoms with E-state index in [0.29, 0.717) is 12.3 Å². The van der Waals surface area contributed by atoms with E-state index in [0.717, 1.165) is 26.5 Å². The number of hydrogen-bond donors (Lipinski definition) is 2. The van der Waals surface area contributed by atoms with Gasteiger partial charge in [-0.25, -0.2) is 0 Å². The fourth-order valence-corrected chi connectivity index (χ4v) is 3.57. The van der Waals surface area contributed by atoms with Crippen molar-refractivity contribution in [2.75, 3.05) is 5.32 Å². The molecule has 0 amide bonds. The van der Waals surface area contributed by atoms with E-state index in [1.165, 1.54) is 4.70 Å². The van der Waals surface area contributed by atoms with Gasteiger partial charge in [0.05, 0.1) is 11.6 Å². The lowest BCUT2D eigenvalue weighted by atomic mass is 10.2. The molecular formula is C16H14ClNOS. The number of hydrogen-bond acceptors (Lipinski definition) is 3. The highest BCUT2D eigenvalue weighted by atomic mass is 35.5. The van der Waals surface area contributed by atoms with Gasteiger partial charge in [-0.05, 0) is 36.8 Å². The quantitative estimate of drug-likeness (QED) is 0.653. The van der Waals surface area contributed by atoms with Gasteiger partial charge in [-0.2, -0.15) is 0 Å². The molecule has 0 bridgehead atoms. The predicted octanol–water partition coefficient (Wildman–Crippen LogP) is 5.18. The summed E-state index contributed by atoms with van der Waals surface area (Å²) in [6.07, 6.45) is 0. The van der Waals surface area contributed by atoms with Crippen LogP contribution in [-0.4, -0.2) is 5.11 Å². The van der Waals surface area contributed by atoms with Crippen LogP contribution in [0, 0.1) is 6.92 Å². The third-order valence-electron chi connectivity index (χ3n) is 3.25. The minimum atomic E-state index is 0.315. The highest BCUT2D eigenvalue weighted by Gasteiger charge is 2.09. The van der Waals surface area contributed by atoms with Crippen LogP contribution in [0.5, 0.6) is 5.75 Å². The number of nitrogens with one attached hydrogen (secondary N) is 1. The lowest BCUT2D eigenvalue weighted by Crippen LogP contribution is -1.97. The number of benzene rings is 2. The SMILES string of the molecule is Cc1cc(NCc2sc3ccccc3c2Cl)ccc1O. The molecule has 2 aromatic carbocycles. The van der Waals surface area contributed by atoms with Gasteiger partial charge in [-0.3, -0.25) is 0 Å². The fraction of sp³-hybridized carbons (Fsp3) is 0.125. The van der Waals surface area contributed by atoms with E-state index in [4.69, 9.17) is 11.6 Å². The summed E-state index contributed by atoms with van der Waals surface area (Å²) in [6, 6.07) is 13.6. The fourth-order valence-electron chi connectivity index (χ4n) is 2.13. The Labute approximate surface area is 126 Å². The largest absolute Gasteiger partial charge is 0.508 e. The van der Waals surface area contributed by atoms with Gasteiger partial charge in [0.25, 0.3) is 0 Å². The number of thiophene rings is 1. The minimum Gasteiger partial charge on any atom is -0.508 e. The molecule has 0 spiro atoms. The van der Waals surface area contributed by atoms with Crippen molar-refractivity contribution in [3.05, 3.63) is 57.9 Å². The lowest BCUT2D eigenvalue weighted by molar-refractivity contribution is 0.471. The molecule has 4 heteroatoms. The number of phenolic OH excluding ortho intramolecular Hbond substituents is 1. The summed E-state index contributed by atoms with van der Waals surface area (Å²) < 4.78 is 1.20. The molecule has 0 radical (unpaired) electrons. The van der Waals surface area contributed by atoms with Crippen LogP contribution in [0.4, 0.5) is 5.69 Å². The summed E-state index contributed by atoms with van der Waals surface area (Å²) in [5.74, 6) is 0.315. The summed E-state index contributed by atoms with van der Waals surface area (Å²) in [4.78, 5) is 1.12. The van der Waals surface area contributed by atoms with Crippen molar-refractivity contribution in [1.29, 1.82) is 0 Å². The second kappa shape index (κ2) is 5.35. The molecule has 3 aromatic rings. The Bertz CT molecular complexity index is 766. The molecule has 2 N–H and O–H groups in total. The molecular weight excluding hydrogens is 290 g/mol. The molecule has 0 atom stereocenters. The van der Waals surface area contributed by atoms with Crippen LogP contribution in [0.1, 0.15) is 10.4 Å². The molecule has 3 rings (SSSR count). The lowest BCUT2D eigenvalue weighted by Gasteiger charge is -2.07. The first kappa shape index (κ1) is 13.3. The number of fused-ring (bicyclic) bond motifs is 1. The molecule has 102 valence electrons. The second-order valence-corrected chi connectivity index (χ2v) is 6.20. The number of aryl methyl sites for hydroxylation is 1. The van der Waals surface area contributed by atoms with Crippen molar-refractivity contribution in [2.45, 2.75) is 13.5 Å². The summed E-state index contributed by atoms with van der Waals surface area (Å²) in [7, 11) is 0. The van der Waals surface area contributed by atoms with Crippen molar-refractivity contribution in [3.63, 3.8) is 0 Å². The Morgan fingerprint density at radius 3 is 2.75 bits per heavy atom. The van der Waals surface area contributed by atoms with E-state index >= 15 is 0 Å². The second-order valence-electron chi connectivity index (χ2n) is 4.69. The van der Waals surface area contributed by atoms with Crippen molar-refractivity contribution < 1.29 is 5.11 Å². The summed E-state index contributed by atoms with van der Waals surface area (Å²) in [6.45, 7) is 2.56. The van der Waals surface area contributed by atoms with Gasteiger partial charge in [0.2, 0.25) is 0 Å². The van der Waals surface area contributed by atoms with E-state index < -0.39 is 0 Å². The molecule has 1 aromatic heterocycles. The Kier molecular flexibility index (Phi) is 3.55. The molecule has 2 nitrogen and oxygen atoms in total. The number of phenols is 1. The highest BCUT2D eigenvalue weighted by Crippen LogP contribution is 2.35. The van der Waals surface area contributed by atoms with Crippen LogP contribution in [0.15, 0.2) is 42.5 Å². The molecule has 20 heavy (non-hydrogen) atoms. The van der Waals surface area contributed by atoms with Gasteiger partial charge < -0.3 is 10.4 Å². The van der Waals surface area contributed by atoms with Gasteiger partial charge in [-0.15, -0.1) is 11.3 Å². The first-order chi connectivity index (χ1) is 9.65. The van der Waals surface area contributed by atoms with Gasteiger partial charge in [0, 0.05) is 20.7 Å². The van der Waals surface area contributed by atoms with Crippen molar-refractivity contribution in [3.8, 4) is 5.75 Å². The average Bonchev–Trinajstić information content (AvgIpc) is 2.77. The third kappa shape index (κ3) is 2.47. The zero-order chi connectivity index (χ0) is 14.1. The standard InChI is InChI=1S/C16H14ClNOS/c1-10-8-11(6-7-13(10)19)18-9-15-16(17)12-4-2-3-5-14(12)20-15/h2-8,18-19H,9H2,1H3. The van der Waals surface area contributed by atoms with Gasteiger partial charge in [-0.1, -0.05) is 29.8 Å². The molecule has 0 aliphatic carbocycles. The normalized spacial score (nSPS) is 10.9. The van der Waals surface area contributed by atoms with Gasteiger partial charge in [0.15, 0.2) is 0 Å². The van der Waals surface area contributed by atoms with Crippen LogP contribution in [-0.2, 0) is 6.54 Å². The maximum Gasteiger partial charge on any atom is 0.118 e. The van der Waals surface area contributed by atoms with Crippen LogP contribution in [0.25, 0.3) is 10.1 Å². The number of aromatic hydroxyl groups is 1. The summed E-state index contributed by atoms with van der Waals surface area (Å²) in [5.41, 5.74) is 1.84. The van der Waals surface area contributed by atoms with Crippen LogP contribution >= 0.6 is 22.9 Å². The molecule has 0 saturated heterocycles. The Balaban J connectivity index is 1.83. The van der Waals surface area contributed by atoms with Crippen LogP contribution in [0.3, 0.4) is 0 Å². The zero-order valence-corrected chi connectivity index (χ0v) is 12.6. The molecule has 0 aliphatic heterocycles. The molecule has 1 heterocycles. The van der Waals surface area contributed by atoms with Crippen molar-refractivity contribution >= 4 is 38.7 Å². The Hall–Kier alpha value is -1.71. The van der Waals surface area contributed by atoms with Crippen LogP contribution < -0.4 is 5.32 Å². The first-order valence-electron chi connectivity index (χ1n) is 6.34. The van der Waals surface area contributed by atoms with Crippen LogP contribution in [0.2, 0.25) is 5.02 Å². The molecule has 0 aliphatic rings. The monoisotopic (exact) mass is 303 g/mol. The smallest absolute Gasteiger partial charge is 0.118 e. The topological polar surface area (TPSA) is 32.3 Å². The third-order valence-corrected chi connectivity index (χ3v) is 4.97. The predicted molar refractivity (Wildman–Crippen MR) is 87.0 cm³/mol.